The van der Waals surface area contributed by atoms with Gasteiger partial charge in [0.25, 0.3) is 0 Å². The molecule has 0 saturated carbocycles. The molecule has 0 aromatic carbocycles. The standard InChI is InChI=1S/C10H16N2O/c1-4-12(3)10-6-5-9(7-13)8(2)11-10/h5-6,13H,4,7H2,1-3H3. The van der Waals surface area contributed by atoms with Gasteiger partial charge in [0, 0.05) is 19.3 Å². The Labute approximate surface area is 79.0 Å². The Hall–Kier alpha value is -1.09. The summed E-state index contributed by atoms with van der Waals surface area (Å²) >= 11 is 0. The predicted octanol–water partition coefficient (Wildman–Crippen LogP) is 1.34. The topological polar surface area (TPSA) is 36.4 Å². The largest absolute Gasteiger partial charge is 0.392 e. The highest BCUT2D eigenvalue weighted by molar-refractivity contribution is 5.40. The van der Waals surface area contributed by atoms with Crippen LogP contribution in [0.25, 0.3) is 0 Å². The Morgan fingerprint density at radius 3 is 2.62 bits per heavy atom. The summed E-state index contributed by atoms with van der Waals surface area (Å²) in [6.45, 7) is 5.00. The molecule has 0 amide bonds. The second-order valence-corrected chi connectivity index (χ2v) is 3.09. The fourth-order valence-corrected chi connectivity index (χ4v) is 1.12. The van der Waals surface area contributed by atoms with E-state index in [2.05, 4.69) is 16.8 Å². The van der Waals surface area contributed by atoms with Gasteiger partial charge in [-0.1, -0.05) is 6.07 Å². The number of hydrogen-bond acceptors (Lipinski definition) is 3. The van der Waals surface area contributed by atoms with E-state index in [1.165, 1.54) is 0 Å². The molecule has 1 N–H and O–H groups in total. The minimum Gasteiger partial charge on any atom is -0.392 e. The lowest BCUT2D eigenvalue weighted by atomic mass is 10.2. The molecular formula is C10H16N2O. The third-order valence-corrected chi connectivity index (χ3v) is 2.22. The molecule has 0 bridgehead atoms. The zero-order valence-corrected chi connectivity index (χ0v) is 8.41. The van der Waals surface area contributed by atoms with E-state index in [4.69, 9.17) is 5.11 Å². The molecule has 1 heterocycles. The van der Waals surface area contributed by atoms with Gasteiger partial charge in [-0.25, -0.2) is 4.98 Å². The second kappa shape index (κ2) is 4.23. The number of pyridine rings is 1. The molecule has 72 valence electrons. The van der Waals surface area contributed by atoms with Gasteiger partial charge in [-0.15, -0.1) is 0 Å². The minimum atomic E-state index is 0.0644. The van der Waals surface area contributed by atoms with E-state index in [1.54, 1.807) is 0 Å². The van der Waals surface area contributed by atoms with E-state index >= 15 is 0 Å². The van der Waals surface area contributed by atoms with E-state index in [0.29, 0.717) is 0 Å². The second-order valence-electron chi connectivity index (χ2n) is 3.09. The van der Waals surface area contributed by atoms with E-state index in [-0.39, 0.29) is 6.61 Å². The molecule has 1 aromatic heterocycles. The predicted molar refractivity (Wildman–Crippen MR) is 53.8 cm³/mol. The molecule has 0 atom stereocenters. The van der Waals surface area contributed by atoms with E-state index in [0.717, 1.165) is 23.6 Å². The zero-order valence-electron chi connectivity index (χ0n) is 8.41. The third kappa shape index (κ3) is 2.18. The SMILES string of the molecule is CCN(C)c1ccc(CO)c(C)n1. The average molecular weight is 180 g/mol. The van der Waals surface area contributed by atoms with Crippen LogP contribution in [0.1, 0.15) is 18.2 Å². The molecule has 0 aliphatic heterocycles. The number of nitrogens with zero attached hydrogens (tertiary/aromatic N) is 2. The molecule has 1 aromatic rings. The van der Waals surface area contributed by atoms with E-state index in [1.807, 2.05) is 26.1 Å². The number of aliphatic hydroxyl groups is 1. The Bertz CT molecular complexity index is 286. The van der Waals surface area contributed by atoms with Crippen LogP contribution in [-0.4, -0.2) is 23.7 Å². The highest BCUT2D eigenvalue weighted by atomic mass is 16.3. The van der Waals surface area contributed by atoms with Crippen LogP contribution in [-0.2, 0) is 6.61 Å². The molecule has 13 heavy (non-hydrogen) atoms. The van der Waals surface area contributed by atoms with Crippen LogP contribution < -0.4 is 4.90 Å². The van der Waals surface area contributed by atoms with Crippen molar-refractivity contribution in [1.29, 1.82) is 0 Å². The molecule has 0 saturated heterocycles. The van der Waals surface area contributed by atoms with Gasteiger partial charge >= 0.3 is 0 Å². The lowest BCUT2D eigenvalue weighted by molar-refractivity contribution is 0.280. The zero-order chi connectivity index (χ0) is 9.84. The maximum absolute atomic E-state index is 8.95. The van der Waals surface area contributed by atoms with Crippen molar-refractivity contribution in [2.45, 2.75) is 20.5 Å². The molecule has 3 heteroatoms. The first kappa shape index (κ1) is 9.99. The monoisotopic (exact) mass is 180 g/mol. The van der Waals surface area contributed by atoms with Crippen molar-refractivity contribution in [2.75, 3.05) is 18.5 Å². The Morgan fingerprint density at radius 2 is 2.15 bits per heavy atom. The average Bonchev–Trinajstić information content (AvgIpc) is 2.16. The molecule has 1 rings (SSSR count). The van der Waals surface area contributed by atoms with Crippen LogP contribution in [0.5, 0.6) is 0 Å². The lowest BCUT2D eigenvalue weighted by Crippen LogP contribution is -2.17. The number of aryl methyl sites for hydroxylation is 1. The highest BCUT2D eigenvalue weighted by Gasteiger charge is 2.02. The summed E-state index contributed by atoms with van der Waals surface area (Å²) < 4.78 is 0. The fourth-order valence-electron chi connectivity index (χ4n) is 1.12. The van der Waals surface area contributed by atoms with Gasteiger partial charge < -0.3 is 10.0 Å². The number of aliphatic hydroxyl groups excluding tert-OH is 1. The van der Waals surface area contributed by atoms with Crippen LogP contribution in [0.4, 0.5) is 5.82 Å². The summed E-state index contributed by atoms with van der Waals surface area (Å²) in [5.41, 5.74) is 1.80. The number of aromatic nitrogens is 1. The van der Waals surface area contributed by atoms with Gasteiger partial charge in [-0.05, 0) is 25.5 Å². The first-order valence-corrected chi connectivity index (χ1v) is 4.47. The number of anilines is 1. The first-order chi connectivity index (χ1) is 6.19. The fraction of sp³-hybridized carbons (Fsp3) is 0.500. The van der Waals surface area contributed by atoms with Crippen molar-refractivity contribution in [2.24, 2.45) is 0 Å². The quantitative estimate of drug-likeness (QED) is 0.762. The van der Waals surface area contributed by atoms with Crippen molar-refractivity contribution < 1.29 is 5.11 Å². The highest BCUT2D eigenvalue weighted by Crippen LogP contribution is 2.13. The Morgan fingerprint density at radius 1 is 1.46 bits per heavy atom. The summed E-state index contributed by atoms with van der Waals surface area (Å²) in [5, 5.41) is 8.95. The maximum atomic E-state index is 8.95. The molecule has 0 aliphatic rings. The molecule has 0 aliphatic carbocycles. The molecule has 3 nitrogen and oxygen atoms in total. The lowest BCUT2D eigenvalue weighted by Gasteiger charge is -2.16. The Balaban J connectivity index is 2.95. The maximum Gasteiger partial charge on any atom is 0.128 e. The van der Waals surface area contributed by atoms with Crippen molar-refractivity contribution in [3.63, 3.8) is 0 Å². The Kier molecular flexibility index (Phi) is 3.25. The molecule has 0 fully saturated rings. The normalized spacial score (nSPS) is 10.2. The van der Waals surface area contributed by atoms with Crippen LogP contribution in [0.3, 0.4) is 0 Å². The van der Waals surface area contributed by atoms with Gasteiger partial charge in [-0.3, -0.25) is 0 Å². The van der Waals surface area contributed by atoms with Gasteiger partial charge in [-0.2, -0.15) is 0 Å². The van der Waals surface area contributed by atoms with E-state index < -0.39 is 0 Å². The van der Waals surface area contributed by atoms with E-state index in [9.17, 15) is 0 Å². The number of rotatable bonds is 3. The van der Waals surface area contributed by atoms with Crippen LogP contribution >= 0.6 is 0 Å². The van der Waals surface area contributed by atoms with Gasteiger partial charge in [0.05, 0.1) is 6.61 Å². The molecular weight excluding hydrogens is 164 g/mol. The van der Waals surface area contributed by atoms with Crippen LogP contribution in [0.15, 0.2) is 12.1 Å². The smallest absolute Gasteiger partial charge is 0.128 e. The van der Waals surface area contributed by atoms with Crippen LogP contribution in [0.2, 0.25) is 0 Å². The van der Waals surface area contributed by atoms with Crippen molar-refractivity contribution in [3.8, 4) is 0 Å². The molecule has 0 radical (unpaired) electrons. The van der Waals surface area contributed by atoms with Gasteiger partial charge in [0.1, 0.15) is 5.82 Å². The van der Waals surface area contributed by atoms with Crippen molar-refractivity contribution >= 4 is 5.82 Å². The summed E-state index contributed by atoms with van der Waals surface area (Å²) in [7, 11) is 2.00. The van der Waals surface area contributed by atoms with Gasteiger partial charge in [0.15, 0.2) is 0 Å². The minimum absolute atomic E-state index is 0.0644. The third-order valence-electron chi connectivity index (χ3n) is 2.22. The van der Waals surface area contributed by atoms with Crippen LogP contribution in [0, 0.1) is 6.92 Å². The summed E-state index contributed by atoms with van der Waals surface area (Å²) in [4.78, 5) is 6.44. The summed E-state index contributed by atoms with van der Waals surface area (Å²) in [5.74, 6) is 0.956. The molecule has 0 unspecified atom stereocenters. The van der Waals surface area contributed by atoms with Gasteiger partial charge in [0.2, 0.25) is 0 Å². The van der Waals surface area contributed by atoms with Crippen molar-refractivity contribution in [3.05, 3.63) is 23.4 Å². The van der Waals surface area contributed by atoms with Crippen molar-refractivity contribution in [1.82, 2.24) is 4.98 Å². The summed E-state index contributed by atoms with van der Waals surface area (Å²) in [6, 6.07) is 3.85. The first-order valence-electron chi connectivity index (χ1n) is 4.47. The molecule has 0 spiro atoms. The number of hydrogen-bond donors (Lipinski definition) is 1. The summed E-state index contributed by atoms with van der Waals surface area (Å²) in [6.07, 6.45) is 0.